The van der Waals surface area contributed by atoms with Crippen LogP contribution in [0.1, 0.15) is 33.3 Å². The Bertz CT molecular complexity index is 1090. The van der Waals surface area contributed by atoms with Gasteiger partial charge in [-0.05, 0) is 45.4 Å². The zero-order chi connectivity index (χ0) is 23.6. The van der Waals surface area contributed by atoms with Gasteiger partial charge >= 0.3 is 5.97 Å². The highest BCUT2D eigenvalue weighted by atomic mass is 35.5. The molecule has 0 N–H and O–H groups in total. The summed E-state index contributed by atoms with van der Waals surface area (Å²) >= 11 is 6.21. The summed E-state index contributed by atoms with van der Waals surface area (Å²) < 4.78 is 8.04. The average molecular weight is 479 g/mol. The molecule has 1 aliphatic rings. The zero-order valence-electron chi connectivity index (χ0n) is 19.3. The van der Waals surface area contributed by atoms with Gasteiger partial charge in [0.1, 0.15) is 11.1 Å². The van der Waals surface area contributed by atoms with E-state index in [4.69, 9.17) is 21.3 Å². The van der Waals surface area contributed by atoms with Gasteiger partial charge in [-0.25, -0.2) is 4.79 Å². The summed E-state index contributed by atoms with van der Waals surface area (Å²) in [5, 5.41) is 3.00. The first-order valence-electron chi connectivity index (χ1n) is 10.9. The molecule has 0 aromatic heterocycles. The number of aliphatic imine (C=N–C) groups is 1. The zero-order valence-corrected chi connectivity index (χ0v) is 20.9. The molecule has 0 bridgehead atoms. The molecule has 0 saturated carbocycles. The van der Waals surface area contributed by atoms with Crippen LogP contribution in [0.4, 0.5) is 0 Å². The van der Waals surface area contributed by atoms with Crippen LogP contribution in [0.5, 0.6) is 0 Å². The van der Waals surface area contributed by atoms with Gasteiger partial charge in [-0.3, -0.25) is 4.99 Å². The Labute approximate surface area is 202 Å². The minimum absolute atomic E-state index is 0.338. The summed E-state index contributed by atoms with van der Waals surface area (Å²) in [6.07, 6.45) is 1.83. The van der Waals surface area contributed by atoms with Crippen molar-refractivity contribution in [2.45, 2.75) is 44.9 Å². The summed E-state index contributed by atoms with van der Waals surface area (Å²) in [4.78, 5) is 18.1. The van der Waals surface area contributed by atoms with E-state index in [1.54, 1.807) is 0 Å². The van der Waals surface area contributed by atoms with Gasteiger partial charge < -0.3 is 9.41 Å². The van der Waals surface area contributed by atoms with E-state index in [9.17, 15) is 4.79 Å². The first kappa shape index (κ1) is 23.5. The van der Waals surface area contributed by atoms with Crippen molar-refractivity contribution in [1.82, 2.24) is 4.67 Å². The number of hydrogen-bond acceptors (Lipinski definition) is 4. The lowest BCUT2D eigenvalue weighted by atomic mass is 9.85. The molecular formula is C27H28ClN2O2P. The molecule has 0 amide bonds. The van der Waals surface area contributed by atoms with Gasteiger partial charge in [-0.1, -0.05) is 84.4 Å². The lowest BCUT2D eigenvalue weighted by Gasteiger charge is -2.43. The average Bonchev–Trinajstić information content (AvgIpc) is 3.13. The minimum atomic E-state index is -1.01. The maximum Gasteiger partial charge on any atom is 0.334 e. The second kappa shape index (κ2) is 9.29. The smallest absolute Gasteiger partial charge is 0.334 e. The van der Waals surface area contributed by atoms with Crippen LogP contribution in [-0.2, 0) is 15.1 Å². The number of ether oxygens (including phenoxy) is 1. The molecule has 0 aliphatic carbocycles. The van der Waals surface area contributed by atoms with Crippen LogP contribution in [0.15, 0.2) is 89.9 Å². The Morgan fingerprint density at radius 3 is 1.94 bits per heavy atom. The molecule has 3 aromatic carbocycles. The number of rotatable bonds is 5. The van der Waals surface area contributed by atoms with Gasteiger partial charge in [0.2, 0.25) is 0 Å². The number of esters is 1. The fourth-order valence-electron chi connectivity index (χ4n) is 4.04. The van der Waals surface area contributed by atoms with Crippen LogP contribution < -0.4 is 10.6 Å². The molecule has 2 atom stereocenters. The van der Waals surface area contributed by atoms with Gasteiger partial charge in [0, 0.05) is 15.6 Å². The highest BCUT2D eigenvalue weighted by Gasteiger charge is 2.52. The standard InChI is InChI=1S/C27H28ClN2O2P/c1-26(2,3)32-25(31)24-27(4,20-15-17-21(28)18-16-20)30(19-29-24)33(22-11-7-5-8-12-22)23-13-9-6-10-14-23/h5-19,24H,1-4H3/t24-,27-/m0/s1. The van der Waals surface area contributed by atoms with Crippen molar-refractivity contribution >= 4 is 42.6 Å². The van der Waals surface area contributed by atoms with E-state index in [-0.39, 0.29) is 5.97 Å². The fourth-order valence-corrected chi connectivity index (χ4v) is 6.68. The molecule has 3 aromatic rings. The second-order valence-electron chi connectivity index (χ2n) is 9.18. The Morgan fingerprint density at radius 1 is 0.939 bits per heavy atom. The normalized spacial score (nSPS) is 20.3. The van der Waals surface area contributed by atoms with Crippen molar-refractivity contribution in [3.05, 3.63) is 95.5 Å². The molecule has 1 aliphatic heterocycles. The van der Waals surface area contributed by atoms with Crippen LogP contribution in [0.25, 0.3) is 0 Å². The number of carbonyl (C=O) groups excluding carboxylic acids is 1. The first-order chi connectivity index (χ1) is 15.7. The fraction of sp³-hybridized carbons (Fsp3) is 0.259. The van der Waals surface area contributed by atoms with E-state index in [0.29, 0.717) is 5.02 Å². The van der Waals surface area contributed by atoms with Gasteiger partial charge in [0.05, 0.1) is 14.4 Å². The maximum absolute atomic E-state index is 13.4. The lowest BCUT2D eigenvalue weighted by Crippen LogP contribution is -2.50. The molecule has 33 heavy (non-hydrogen) atoms. The molecule has 0 saturated heterocycles. The molecule has 0 fully saturated rings. The number of halogens is 1. The molecule has 0 radical (unpaired) electrons. The van der Waals surface area contributed by atoms with E-state index in [0.717, 1.165) is 5.56 Å². The third kappa shape index (κ3) is 4.83. The Hall–Kier alpha value is -2.68. The number of hydrogen-bond donors (Lipinski definition) is 0. The molecule has 4 nitrogen and oxygen atoms in total. The van der Waals surface area contributed by atoms with E-state index in [1.165, 1.54) is 10.6 Å². The van der Waals surface area contributed by atoms with E-state index in [2.05, 4.69) is 35.9 Å². The van der Waals surface area contributed by atoms with Crippen molar-refractivity contribution < 1.29 is 9.53 Å². The van der Waals surface area contributed by atoms with E-state index < -0.39 is 25.3 Å². The SMILES string of the molecule is CC(C)(C)OC(=O)[C@@H]1N=CN(P(c2ccccc2)c2ccccc2)[C@@]1(C)c1ccc(Cl)cc1. The third-order valence-corrected chi connectivity index (χ3v) is 8.39. The summed E-state index contributed by atoms with van der Waals surface area (Å²) in [5.74, 6) is -0.338. The van der Waals surface area contributed by atoms with Crippen molar-refractivity contribution in [1.29, 1.82) is 0 Å². The second-order valence-corrected chi connectivity index (χ2v) is 11.7. The predicted octanol–water partition coefficient (Wildman–Crippen LogP) is 5.66. The van der Waals surface area contributed by atoms with E-state index >= 15 is 0 Å². The predicted molar refractivity (Wildman–Crippen MR) is 138 cm³/mol. The molecule has 0 spiro atoms. The number of carbonyl (C=O) groups is 1. The van der Waals surface area contributed by atoms with Gasteiger partial charge in [-0.15, -0.1) is 0 Å². The largest absolute Gasteiger partial charge is 0.458 e. The monoisotopic (exact) mass is 478 g/mol. The molecule has 170 valence electrons. The molecular weight excluding hydrogens is 451 g/mol. The lowest BCUT2D eigenvalue weighted by molar-refractivity contribution is -0.158. The summed E-state index contributed by atoms with van der Waals surface area (Å²) in [7, 11) is -1.01. The number of benzene rings is 3. The topological polar surface area (TPSA) is 41.9 Å². The Morgan fingerprint density at radius 2 is 1.45 bits per heavy atom. The van der Waals surface area contributed by atoms with Crippen molar-refractivity contribution in [3.8, 4) is 0 Å². The Kier molecular flexibility index (Phi) is 6.61. The first-order valence-corrected chi connectivity index (χ1v) is 12.6. The summed E-state index contributed by atoms with van der Waals surface area (Å²) in [5.41, 5.74) is -0.408. The van der Waals surface area contributed by atoms with Crippen molar-refractivity contribution in [3.63, 3.8) is 0 Å². The van der Waals surface area contributed by atoms with Crippen LogP contribution in [0, 0.1) is 0 Å². The van der Waals surface area contributed by atoms with Crippen LogP contribution in [-0.4, -0.2) is 28.6 Å². The van der Waals surface area contributed by atoms with Gasteiger partial charge in [-0.2, -0.15) is 0 Å². The number of nitrogens with zero attached hydrogens (tertiary/aromatic N) is 2. The Balaban J connectivity index is 1.87. The quantitative estimate of drug-likeness (QED) is 0.351. The van der Waals surface area contributed by atoms with Crippen molar-refractivity contribution in [2.75, 3.05) is 0 Å². The molecule has 6 heteroatoms. The molecule has 1 heterocycles. The van der Waals surface area contributed by atoms with Crippen LogP contribution in [0.2, 0.25) is 5.02 Å². The third-order valence-electron chi connectivity index (χ3n) is 5.61. The van der Waals surface area contributed by atoms with Gasteiger partial charge in [0.15, 0.2) is 6.04 Å². The summed E-state index contributed by atoms with van der Waals surface area (Å²) in [6.45, 7) is 7.70. The van der Waals surface area contributed by atoms with Gasteiger partial charge in [0.25, 0.3) is 0 Å². The van der Waals surface area contributed by atoms with E-state index in [1.807, 2.05) is 87.8 Å². The highest BCUT2D eigenvalue weighted by Crippen LogP contribution is 2.51. The minimum Gasteiger partial charge on any atom is -0.458 e. The van der Waals surface area contributed by atoms with Crippen molar-refractivity contribution in [2.24, 2.45) is 4.99 Å². The maximum atomic E-state index is 13.4. The van der Waals surface area contributed by atoms with Crippen LogP contribution >= 0.6 is 19.7 Å². The summed E-state index contributed by atoms with van der Waals surface area (Å²) in [6, 6.07) is 27.7. The van der Waals surface area contributed by atoms with Crippen LogP contribution in [0.3, 0.4) is 0 Å². The highest BCUT2D eigenvalue weighted by molar-refractivity contribution is 7.71. The molecule has 4 rings (SSSR count). The molecule has 0 unspecified atom stereocenters.